The van der Waals surface area contributed by atoms with E-state index in [1.807, 2.05) is 12.1 Å². The molecule has 23 heavy (non-hydrogen) atoms. The average molecular weight is 305 g/mol. The van der Waals surface area contributed by atoms with E-state index in [1.54, 1.807) is 6.20 Å². The molecular formula is C19H19N3O. The SMILES string of the molecule is CC(C)(C)C1COC(c2ccc3ccc4cccnc4c3n2)=N1. The summed E-state index contributed by atoms with van der Waals surface area (Å²) < 4.78 is 5.81. The molecule has 0 saturated carbocycles. The molecule has 0 radical (unpaired) electrons. The van der Waals surface area contributed by atoms with Gasteiger partial charge in [-0.2, -0.15) is 0 Å². The van der Waals surface area contributed by atoms with E-state index in [0.29, 0.717) is 12.5 Å². The van der Waals surface area contributed by atoms with Gasteiger partial charge in [-0.15, -0.1) is 0 Å². The predicted octanol–water partition coefficient (Wildman–Crippen LogP) is 3.97. The van der Waals surface area contributed by atoms with Crippen LogP contribution in [-0.2, 0) is 4.74 Å². The molecule has 116 valence electrons. The lowest BCUT2D eigenvalue weighted by molar-refractivity contribution is 0.235. The summed E-state index contributed by atoms with van der Waals surface area (Å²) in [5.41, 5.74) is 2.68. The van der Waals surface area contributed by atoms with Crippen molar-refractivity contribution in [3.05, 3.63) is 48.3 Å². The van der Waals surface area contributed by atoms with Crippen molar-refractivity contribution in [2.45, 2.75) is 26.8 Å². The van der Waals surface area contributed by atoms with E-state index in [-0.39, 0.29) is 11.5 Å². The number of pyridine rings is 2. The van der Waals surface area contributed by atoms with Gasteiger partial charge in [0, 0.05) is 17.0 Å². The molecule has 0 spiro atoms. The highest BCUT2D eigenvalue weighted by molar-refractivity contribution is 6.04. The number of hydrogen-bond donors (Lipinski definition) is 0. The first-order chi connectivity index (χ1) is 11.0. The molecule has 1 aliphatic heterocycles. The Labute approximate surface area is 135 Å². The van der Waals surface area contributed by atoms with Crippen LogP contribution in [0.15, 0.2) is 47.6 Å². The maximum atomic E-state index is 5.81. The van der Waals surface area contributed by atoms with Crippen molar-refractivity contribution in [2.75, 3.05) is 6.61 Å². The van der Waals surface area contributed by atoms with E-state index in [4.69, 9.17) is 14.7 Å². The second-order valence-corrected chi connectivity index (χ2v) is 7.04. The van der Waals surface area contributed by atoms with Gasteiger partial charge in [0.15, 0.2) is 0 Å². The Morgan fingerprint density at radius 3 is 2.48 bits per heavy atom. The molecule has 1 unspecified atom stereocenters. The van der Waals surface area contributed by atoms with Crippen LogP contribution in [0.3, 0.4) is 0 Å². The number of aliphatic imine (C=N–C) groups is 1. The topological polar surface area (TPSA) is 47.4 Å². The van der Waals surface area contributed by atoms with E-state index >= 15 is 0 Å². The zero-order chi connectivity index (χ0) is 16.0. The predicted molar refractivity (Wildman–Crippen MR) is 92.8 cm³/mol. The number of benzene rings is 1. The summed E-state index contributed by atoms with van der Waals surface area (Å²) in [4.78, 5) is 14.0. The number of fused-ring (bicyclic) bond motifs is 3. The third kappa shape index (κ3) is 2.44. The quantitative estimate of drug-likeness (QED) is 0.639. The lowest BCUT2D eigenvalue weighted by Gasteiger charge is -2.21. The Balaban J connectivity index is 1.85. The summed E-state index contributed by atoms with van der Waals surface area (Å²) in [6.07, 6.45) is 1.80. The standard InChI is InChI=1S/C19H19N3O/c1-19(2,3)15-11-23-18(22-15)14-9-8-13-7-6-12-5-4-10-20-16(12)17(13)21-14/h4-10,15H,11H2,1-3H3. The minimum Gasteiger partial charge on any atom is -0.474 e. The first kappa shape index (κ1) is 14.1. The molecule has 0 fully saturated rings. The number of ether oxygens (including phenoxy) is 1. The van der Waals surface area contributed by atoms with Crippen molar-refractivity contribution in [3.63, 3.8) is 0 Å². The van der Waals surface area contributed by atoms with Crippen LogP contribution >= 0.6 is 0 Å². The summed E-state index contributed by atoms with van der Waals surface area (Å²) in [7, 11) is 0. The van der Waals surface area contributed by atoms with E-state index < -0.39 is 0 Å². The van der Waals surface area contributed by atoms with Gasteiger partial charge in [0.1, 0.15) is 12.3 Å². The normalized spacial score (nSPS) is 18.2. The Morgan fingerprint density at radius 2 is 1.74 bits per heavy atom. The molecule has 0 N–H and O–H groups in total. The third-order valence-corrected chi connectivity index (χ3v) is 4.30. The third-order valence-electron chi connectivity index (χ3n) is 4.30. The van der Waals surface area contributed by atoms with Crippen LogP contribution in [-0.4, -0.2) is 28.5 Å². The molecule has 3 heterocycles. The molecule has 1 aliphatic rings. The number of hydrogen-bond acceptors (Lipinski definition) is 4. The first-order valence-corrected chi connectivity index (χ1v) is 7.88. The Kier molecular flexibility index (Phi) is 3.08. The van der Waals surface area contributed by atoms with Gasteiger partial charge in [0.2, 0.25) is 5.90 Å². The van der Waals surface area contributed by atoms with Gasteiger partial charge in [-0.05, 0) is 17.5 Å². The summed E-state index contributed by atoms with van der Waals surface area (Å²) in [5, 5.41) is 2.16. The largest absolute Gasteiger partial charge is 0.474 e. The van der Waals surface area contributed by atoms with Crippen LogP contribution in [0.25, 0.3) is 21.8 Å². The summed E-state index contributed by atoms with van der Waals surface area (Å²) >= 11 is 0. The van der Waals surface area contributed by atoms with E-state index in [9.17, 15) is 0 Å². The van der Waals surface area contributed by atoms with E-state index in [2.05, 4.69) is 50.0 Å². The Hall–Kier alpha value is -2.49. The minimum absolute atomic E-state index is 0.0901. The van der Waals surface area contributed by atoms with Gasteiger partial charge in [-0.1, -0.05) is 45.0 Å². The van der Waals surface area contributed by atoms with Gasteiger partial charge in [0.25, 0.3) is 0 Å². The number of rotatable bonds is 1. The van der Waals surface area contributed by atoms with Crippen LogP contribution in [0.2, 0.25) is 0 Å². The maximum absolute atomic E-state index is 5.81. The molecule has 3 aromatic rings. The molecule has 4 heteroatoms. The maximum Gasteiger partial charge on any atom is 0.235 e. The monoisotopic (exact) mass is 305 g/mol. The molecule has 2 aromatic heterocycles. The van der Waals surface area contributed by atoms with Crippen molar-refractivity contribution < 1.29 is 4.74 Å². The summed E-state index contributed by atoms with van der Waals surface area (Å²) in [6, 6.07) is 12.3. The lowest BCUT2D eigenvalue weighted by Crippen LogP contribution is -2.25. The van der Waals surface area contributed by atoms with Gasteiger partial charge in [-0.25, -0.2) is 9.98 Å². The molecule has 4 rings (SSSR count). The summed E-state index contributed by atoms with van der Waals surface area (Å²) in [6.45, 7) is 7.16. The molecule has 0 amide bonds. The highest BCUT2D eigenvalue weighted by Gasteiger charge is 2.31. The minimum atomic E-state index is 0.0901. The molecule has 1 atom stereocenters. The molecule has 0 aliphatic carbocycles. The second-order valence-electron chi connectivity index (χ2n) is 7.04. The van der Waals surface area contributed by atoms with Crippen LogP contribution in [0.4, 0.5) is 0 Å². The summed E-state index contributed by atoms with van der Waals surface area (Å²) in [5.74, 6) is 0.639. The van der Waals surface area contributed by atoms with Gasteiger partial charge in [0.05, 0.1) is 17.1 Å². The van der Waals surface area contributed by atoms with Gasteiger partial charge in [-0.3, -0.25) is 4.98 Å². The highest BCUT2D eigenvalue weighted by atomic mass is 16.5. The molecule has 4 nitrogen and oxygen atoms in total. The number of aromatic nitrogens is 2. The van der Waals surface area contributed by atoms with Gasteiger partial charge < -0.3 is 4.74 Å². The van der Waals surface area contributed by atoms with Crippen molar-refractivity contribution in [2.24, 2.45) is 10.4 Å². The fraction of sp³-hybridized carbons (Fsp3) is 0.316. The van der Waals surface area contributed by atoms with Crippen molar-refractivity contribution >= 4 is 27.7 Å². The van der Waals surface area contributed by atoms with Crippen LogP contribution in [0.1, 0.15) is 26.5 Å². The molecule has 0 bridgehead atoms. The molecule has 0 saturated heterocycles. The van der Waals surface area contributed by atoms with Crippen molar-refractivity contribution in [1.82, 2.24) is 9.97 Å². The van der Waals surface area contributed by atoms with Crippen LogP contribution in [0.5, 0.6) is 0 Å². The van der Waals surface area contributed by atoms with Crippen LogP contribution < -0.4 is 0 Å². The Morgan fingerprint density at radius 1 is 1.00 bits per heavy atom. The zero-order valence-electron chi connectivity index (χ0n) is 13.6. The van der Waals surface area contributed by atoms with E-state index in [1.165, 1.54) is 0 Å². The van der Waals surface area contributed by atoms with Crippen LogP contribution in [0, 0.1) is 5.41 Å². The number of nitrogens with zero attached hydrogens (tertiary/aromatic N) is 3. The smallest absolute Gasteiger partial charge is 0.235 e. The first-order valence-electron chi connectivity index (χ1n) is 7.88. The Bertz CT molecular complexity index is 925. The lowest BCUT2D eigenvalue weighted by atomic mass is 9.88. The zero-order valence-corrected chi connectivity index (χ0v) is 13.6. The molecular weight excluding hydrogens is 286 g/mol. The second kappa shape index (κ2) is 5.01. The molecule has 1 aromatic carbocycles. The van der Waals surface area contributed by atoms with Crippen molar-refractivity contribution in [3.8, 4) is 0 Å². The fourth-order valence-corrected chi connectivity index (χ4v) is 2.80. The average Bonchev–Trinajstić information content (AvgIpc) is 3.04. The van der Waals surface area contributed by atoms with Crippen molar-refractivity contribution in [1.29, 1.82) is 0 Å². The fourth-order valence-electron chi connectivity index (χ4n) is 2.80. The van der Waals surface area contributed by atoms with E-state index in [0.717, 1.165) is 27.5 Å². The highest BCUT2D eigenvalue weighted by Crippen LogP contribution is 2.28. The van der Waals surface area contributed by atoms with Gasteiger partial charge >= 0.3 is 0 Å².